The molecule has 1 aliphatic carbocycles. The Morgan fingerprint density at radius 1 is 1.02 bits per heavy atom. The number of nitrogens with one attached hydrogen (secondary N) is 1. The van der Waals surface area contributed by atoms with E-state index in [1.165, 1.54) is 6.08 Å². The third kappa shape index (κ3) is 6.07. The summed E-state index contributed by atoms with van der Waals surface area (Å²) >= 11 is 0. The van der Waals surface area contributed by atoms with Crippen LogP contribution < -0.4 is 14.5 Å². The number of aliphatic hydroxyl groups excluding tert-OH is 1. The number of alkyl halides is 3. The second-order valence-electron chi connectivity index (χ2n) is 16.2. The highest BCUT2D eigenvalue weighted by Crippen LogP contribution is 2.54. The molecule has 5 aliphatic rings. The molecule has 6 heterocycles. The number of rotatable bonds is 9. The number of anilines is 2. The highest BCUT2D eigenvalue weighted by molar-refractivity contribution is 6.06. The van der Waals surface area contributed by atoms with Crippen LogP contribution in [0.25, 0.3) is 32.9 Å². The van der Waals surface area contributed by atoms with Gasteiger partial charge < -0.3 is 24.5 Å². The summed E-state index contributed by atoms with van der Waals surface area (Å²) in [5.74, 6) is 1.48. The van der Waals surface area contributed by atoms with Crippen molar-refractivity contribution in [2.45, 2.75) is 51.1 Å². The van der Waals surface area contributed by atoms with Gasteiger partial charge in [0.25, 0.3) is 0 Å². The largest absolute Gasteiger partial charge is 0.481 e. The van der Waals surface area contributed by atoms with E-state index in [4.69, 9.17) is 14.7 Å². The van der Waals surface area contributed by atoms with Gasteiger partial charge in [-0.25, -0.2) is 4.98 Å². The zero-order valence-corrected chi connectivity index (χ0v) is 30.0. The van der Waals surface area contributed by atoms with E-state index < -0.39 is 12.8 Å². The highest BCUT2D eigenvalue weighted by atomic mass is 19.4. The summed E-state index contributed by atoms with van der Waals surface area (Å²) < 4.78 is 48.3. The van der Waals surface area contributed by atoms with Gasteiger partial charge in [0.1, 0.15) is 11.3 Å². The van der Waals surface area contributed by atoms with Crippen LogP contribution in [0.5, 0.6) is 5.75 Å². The number of aliphatic hydroxyl groups is 1. The maximum Gasteiger partial charge on any atom is 0.422 e. The second-order valence-corrected chi connectivity index (χ2v) is 16.2. The summed E-state index contributed by atoms with van der Waals surface area (Å²) in [5, 5.41) is 18.3. The molecular weight excluding hydrogens is 685 g/mol. The van der Waals surface area contributed by atoms with Crippen LogP contribution in [0.4, 0.5) is 24.9 Å². The number of aryl methyl sites for hydroxylation is 1. The van der Waals surface area contributed by atoms with E-state index in [0.717, 1.165) is 91.7 Å². The van der Waals surface area contributed by atoms with Crippen molar-refractivity contribution in [3.8, 4) is 16.9 Å². The van der Waals surface area contributed by atoms with Crippen molar-refractivity contribution in [3.63, 3.8) is 0 Å². The van der Waals surface area contributed by atoms with E-state index in [9.17, 15) is 23.1 Å². The Labute approximate surface area is 305 Å². The molecule has 1 saturated carbocycles. The zero-order chi connectivity index (χ0) is 36.7. The Hall–Kier alpha value is -4.43. The Kier molecular flexibility index (Phi) is 8.15. The SMILES string of the molecule is C=CC(=O)N1CC2(CCN(c3nc(N4CCC5(CN(CCO)C5)C4)nc4c(OCC(F)(F)F)c(-c5c(C)ccc6[nH]ncc56)c(C5CC5)cc34)CC2)C1. The van der Waals surface area contributed by atoms with E-state index in [2.05, 4.69) is 37.5 Å². The van der Waals surface area contributed by atoms with E-state index in [0.29, 0.717) is 55.1 Å². The molecule has 11 nitrogen and oxygen atoms in total. The van der Waals surface area contributed by atoms with E-state index in [1.54, 1.807) is 6.20 Å². The maximum atomic E-state index is 14.1. The third-order valence-corrected chi connectivity index (χ3v) is 12.3. The number of benzene rings is 2. The summed E-state index contributed by atoms with van der Waals surface area (Å²) in [4.78, 5) is 31.2. The molecule has 9 rings (SSSR count). The molecule has 5 fully saturated rings. The Balaban J connectivity index is 1.19. The van der Waals surface area contributed by atoms with Crippen molar-refractivity contribution in [1.82, 2.24) is 30.0 Å². The molecule has 53 heavy (non-hydrogen) atoms. The number of H-pyrrole nitrogens is 1. The minimum absolute atomic E-state index is 0.0426. The molecule has 1 amide bonds. The van der Waals surface area contributed by atoms with Crippen molar-refractivity contribution in [2.24, 2.45) is 10.8 Å². The number of halogens is 3. The second kappa shape index (κ2) is 12.6. The van der Waals surface area contributed by atoms with Crippen LogP contribution in [-0.2, 0) is 4.79 Å². The van der Waals surface area contributed by atoms with Crippen LogP contribution in [0.2, 0.25) is 0 Å². The Morgan fingerprint density at radius 3 is 2.45 bits per heavy atom. The highest BCUT2D eigenvalue weighted by Gasteiger charge is 2.49. The normalized spacial score (nSPS) is 21.1. The number of hydrogen-bond acceptors (Lipinski definition) is 9. The molecule has 2 aromatic heterocycles. The summed E-state index contributed by atoms with van der Waals surface area (Å²) in [5.41, 5.74) is 4.61. The number of carbonyl (C=O) groups is 1. The standard InChI is InChI=1S/C39H45F3N8O3/c1-3-30(52)50-20-37(21-50)8-11-48(12-9-37)35-27-16-26(25-5-6-25)32(31-24(2)4-7-29-28(31)17-43-46-29)34(53-23-39(40,41)42)33(27)44-36(45-35)49-13-10-38(22-49)18-47(19-38)14-15-51/h3-4,7,16-17,25,51H,1,5-6,8-15,18-23H2,2H3,(H,43,46). The molecule has 4 aliphatic heterocycles. The Morgan fingerprint density at radius 2 is 1.75 bits per heavy atom. The number of nitrogens with zero attached hydrogens (tertiary/aromatic N) is 7. The summed E-state index contributed by atoms with van der Waals surface area (Å²) in [6, 6.07) is 6.04. The predicted octanol–water partition coefficient (Wildman–Crippen LogP) is 5.42. The molecule has 2 N–H and O–H groups in total. The minimum atomic E-state index is -4.56. The number of piperidine rings is 1. The lowest BCUT2D eigenvalue weighted by atomic mass is 9.72. The molecule has 0 unspecified atom stereocenters. The molecule has 14 heteroatoms. The van der Waals surface area contributed by atoms with Gasteiger partial charge in [0.05, 0.1) is 18.3 Å². The van der Waals surface area contributed by atoms with Gasteiger partial charge >= 0.3 is 6.18 Å². The summed E-state index contributed by atoms with van der Waals surface area (Å²) in [6.45, 7) is 11.0. The molecule has 0 bridgehead atoms. The van der Waals surface area contributed by atoms with Crippen molar-refractivity contribution >= 4 is 39.5 Å². The van der Waals surface area contributed by atoms with Gasteiger partial charge in [-0.15, -0.1) is 0 Å². The predicted molar refractivity (Wildman–Crippen MR) is 196 cm³/mol. The van der Waals surface area contributed by atoms with Crippen LogP contribution in [0.3, 0.4) is 0 Å². The first kappa shape index (κ1) is 34.3. The van der Waals surface area contributed by atoms with Gasteiger partial charge in [-0.1, -0.05) is 12.6 Å². The number of fused-ring (bicyclic) bond motifs is 2. The molecular formula is C39H45F3N8O3. The fraction of sp³-hybridized carbons (Fsp3) is 0.538. The van der Waals surface area contributed by atoms with Crippen LogP contribution in [0.1, 0.15) is 49.1 Å². The van der Waals surface area contributed by atoms with E-state index in [1.807, 2.05) is 24.0 Å². The molecule has 2 aromatic carbocycles. The molecule has 4 aromatic rings. The van der Waals surface area contributed by atoms with Crippen molar-refractivity contribution in [3.05, 3.63) is 48.2 Å². The van der Waals surface area contributed by atoms with Crippen LogP contribution >= 0.6 is 0 Å². The number of ether oxygens (including phenoxy) is 1. The number of β-amino-alcohol motifs (C(OH)–C–C–N with tert-alkyl or cyclic N) is 1. The monoisotopic (exact) mass is 730 g/mol. The van der Waals surface area contributed by atoms with Crippen molar-refractivity contribution < 1.29 is 27.8 Å². The number of likely N-dealkylation sites (tertiary alicyclic amines) is 2. The smallest absolute Gasteiger partial charge is 0.422 e. The van der Waals surface area contributed by atoms with Crippen molar-refractivity contribution in [2.75, 3.05) is 81.9 Å². The molecule has 0 atom stereocenters. The maximum absolute atomic E-state index is 14.1. The molecule has 280 valence electrons. The first-order valence-electron chi connectivity index (χ1n) is 18.7. The fourth-order valence-electron chi connectivity index (χ4n) is 9.46. The molecule has 0 radical (unpaired) electrons. The topological polar surface area (TPSA) is 114 Å². The molecule has 4 saturated heterocycles. The number of amides is 1. The fourth-order valence-corrected chi connectivity index (χ4v) is 9.46. The lowest BCUT2D eigenvalue weighted by Crippen LogP contribution is -2.61. The zero-order valence-electron chi connectivity index (χ0n) is 30.0. The van der Waals surface area contributed by atoms with Gasteiger partial charge in [0, 0.05) is 86.1 Å². The summed E-state index contributed by atoms with van der Waals surface area (Å²) in [7, 11) is 0. The minimum Gasteiger partial charge on any atom is -0.481 e. The number of aromatic amines is 1. The number of aromatic nitrogens is 4. The average Bonchev–Trinajstić information content (AvgIpc) is 3.68. The van der Waals surface area contributed by atoms with Gasteiger partial charge in [-0.3, -0.25) is 14.8 Å². The van der Waals surface area contributed by atoms with E-state index >= 15 is 0 Å². The third-order valence-electron chi connectivity index (χ3n) is 12.3. The summed E-state index contributed by atoms with van der Waals surface area (Å²) in [6.07, 6.45) is 3.09. The first-order valence-corrected chi connectivity index (χ1v) is 18.7. The lowest BCUT2D eigenvalue weighted by molar-refractivity contribution is -0.153. The van der Waals surface area contributed by atoms with Crippen LogP contribution in [0.15, 0.2) is 37.1 Å². The van der Waals surface area contributed by atoms with Gasteiger partial charge in [-0.2, -0.15) is 23.3 Å². The van der Waals surface area contributed by atoms with Gasteiger partial charge in [0.2, 0.25) is 11.9 Å². The van der Waals surface area contributed by atoms with Crippen LogP contribution in [0, 0.1) is 17.8 Å². The number of hydrogen-bond donors (Lipinski definition) is 2. The van der Waals surface area contributed by atoms with Gasteiger partial charge in [0.15, 0.2) is 12.4 Å². The molecule has 2 spiro atoms. The van der Waals surface area contributed by atoms with Crippen LogP contribution in [-0.4, -0.2) is 119 Å². The lowest BCUT2D eigenvalue weighted by Gasteiger charge is -2.54. The first-order chi connectivity index (χ1) is 25.5. The average molecular weight is 731 g/mol. The quantitative estimate of drug-likeness (QED) is 0.218. The Bertz CT molecular complexity index is 2090. The van der Waals surface area contributed by atoms with Gasteiger partial charge in [-0.05, 0) is 79.8 Å². The van der Waals surface area contributed by atoms with E-state index in [-0.39, 0.29) is 35.0 Å². The van der Waals surface area contributed by atoms with Crippen molar-refractivity contribution in [1.29, 1.82) is 0 Å². The number of carbonyl (C=O) groups excluding carboxylic acids is 1.